The summed E-state index contributed by atoms with van der Waals surface area (Å²) >= 11 is 20.1. The lowest BCUT2D eigenvalue weighted by Crippen LogP contribution is -2.44. The summed E-state index contributed by atoms with van der Waals surface area (Å²) in [5.41, 5.74) is 7.27. The highest BCUT2D eigenvalue weighted by Crippen LogP contribution is 2.61. The lowest BCUT2D eigenvalue weighted by Gasteiger charge is -2.26. The van der Waals surface area contributed by atoms with Crippen molar-refractivity contribution >= 4 is 120 Å². The minimum absolute atomic E-state index is 0.0841. The first-order valence-corrected chi connectivity index (χ1v) is 41.6. The number of β-amino-alcohol motifs (C(OH)–C–C–N with tert-alkyl or cyclic N) is 1. The van der Waals surface area contributed by atoms with Gasteiger partial charge in [-0.15, -0.1) is 0 Å². The van der Waals surface area contributed by atoms with E-state index < -0.39 is 66.1 Å². The molecule has 2 aliphatic rings. The minimum Gasteiger partial charge on any atom is -0.497 e. The molecule has 2 amide bonds. The maximum absolute atomic E-state index is 12.7. The number of halogens is 4. The standard InChI is InChI=1S/C26H28N2O6.C16H12ClNO.C16H13NO2.C13H19NO2.C9H10O3.C6H12BNO4.Cl3OP/c1-26(2,3)34-25(31)28-15-19(14-22(28)24(29)30)33-23-20-11-10-18(32-4)12-17(20)13-21(27-23)16-8-6-5-7-9-16;1-19-13-7-8-14-12(9-13)10-15(18-16(14)17)11-5-3-2-4-6-11;1-19-13-7-8-14-12(9-13)10-15(17-16(14)18)11-5-3-2-4-6-11;1-5-14(6-2)13(15)12-8-7-11(16-4)9-10(12)3;1-6-5-7(12-2)3-4-8(6)9(10)11;1-7(12)8-3-4(9)2-5(8)6(10)11;1-5(2,3)4/h5-13,19,22H,14-15H2,1-4H3,(H,29,30);2-10H,1H3;2-10H,1H3,(H,17,18);7-9H,5-6H2,1-4H3;3-5H,1-2H3,(H,10,11);4-5,9,12H,2-3H2,1H3,(H,10,11);/t19-,22+;;;;;4-,5+;/m1....1./s1. The Kier molecular flexibility index (Phi) is 35.0. The van der Waals surface area contributed by atoms with Crippen molar-refractivity contribution in [2.45, 2.75) is 98.0 Å². The first-order valence-electron chi connectivity index (χ1n) is 36.8. The third kappa shape index (κ3) is 27.6. The fourth-order valence-corrected chi connectivity index (χ4v) is 12.6. The SMILES string of the molecule is CB(O)N1C[C@H](O)C[C@H]1C(=O)O.CCN(CC)C(=O)c1ccc(OC)cc1C.COc1ccc(C(=O)O)c(C)c1.COc1ccc2c(=O)[nH]c(-c3ccccc3)cc2c1.COc1ccc2c(Cl)nc(-c3ccccc3)cc2c1.COc1ccc2c(O[C@@H]3C[C@@H](C(=O)O)N(C(=O)OC(C)(C)C)C3)nc(-c3ccccc3)cc2c1.O=P(Cl)(Cl)Cl. The molecule has 0 radical (unpaired) electrons. The number of nitrogens with zero attached hydrogens (tertiary/aromatic N) is 5. The maximum Gasteiger partial charge on any atom is 0.411 e. The van der Waals surface area contributed by atoms with Crippen molar-refractivity contribution in [3.05, 3.63) is 238 Å². The molecule has 2 saturated heterocycles. The smallest absolute Gasteiger partial charge is 0.411 e. The van der Waals surface area contributed by atoms with Gasteiger partial charge in [-0.3, -0.25) is 23.8 Å². The van der Waals surface area contributed by atoms with Crippen molar-refractivity contribution in [1.29, 1.82) is 0 Å². The van der Waals surface area contributed by atoms with E-state index >= 15 is 0 Å². The number of aryl methyl sites for hydroxylation is 2. The molecule has 117 heavy (non-hydrogen) atoms. The molecule has 0 aliphatic carbocycles. The number of amides is 2. The zero-order chi connectivity index (χ0) is 86.0. The van der Waals surface area contributed by atoms with Crippen LogP contribution in [0, 0.1) is 13.8 Å². The number of aliphatic hydroxyl groups is 1. The number of aliphatic carboxylic acids is 2. The Bertz CT molecular complexity index is 5310. The molecule has 8 aromatic carbocycles. The van der Waals surface area contributed by atoms with E-state index in [4.69, 9.17) is 70.1 Å². The van der Waals surface area contributed by atoms with Gasteiger partial charge in [-0.05, 0) is 237 Å². The predicted molar refractivity (Wildman–Crippen MR) is 460 cm³/mol. The zero-order valence-electron chi connectivity index (χ0n) is 66.8. The minimum atomic E-state index is -3.22. The second-order valence-corrected chi connectivity index (χ2v) is 34.4. The summed E-state index contributed by atoms with van der Waals surface area (Å²) in [5, 5.41) is 47.8. The van der Waals surface area contributed by atoms with Crippen LogP contribution in [0.5, 0.6) is 34.6 Å². The van der Waals surface area contributed by atoms with Crippen LogP contribution >= 0.6 is 50.5 Å². The van der Waals surface area contributed by atoms with Gasteiger partial charge in [0.15, 0.2) is 0 Å². The van der Waals surface area contributed by atoms with Crippen LogP contribution in [0.4, 0.5) is 4.79 Å². The molecule has 25 nitrogen and oxygen atoms in total. The fraction of sp³-hybridized carbons (Fsp3) is 0.279. The Labute approximate surface area is 698 Å². The van der Waals surface area contributed by atoms with Crippen molar-refractivity contribution in [3.63, 3.8) is 0 Å². The molecule has 11 aromatic rings. The molecule has 2 aliphatic heterocycles. The van der Waals surface area contributed by atoms with Gasteiger partial charge in [0.1, 0.15) is 57.7 Å². The second-order valence-electron chi connectivity index (χ2n) is 27.4. The van der Waals surface area contributed by atoms with E-state index in [0.29, 0.717) is 44.7 Å². The normalized spacial score (nSPS) is 14.7. The molecular formula is C86H94BCl4N6O19P. The Balaban J connectivity index is 0.000000199. The molecule has 0 saturated carbocycles. The zero-order valence-corrected chi connectivity index (χ0v) is 70.7. The van der Waals surface area contributed by atoms with E-state index in [9.17, 15) is 38.4 Å². The largest absolute Gasteiger partial charge is 0.497 e. The number of aliphatic hydroxyl groups excluding tert-OH is 1. The van der Waals surface area contributed by atoms with Gasteiger partial charge in [0, 0.05) is 64.6 Å². The lowest BCUT2D eigenvalue weighted by molar-refractivity contribution is -0.142. The van der Waals surface area contributed by atoms with E-state index in [1.165, 1.54) is 22.6 Å². The van der Waals surface area contributed by atoms with E-state index in [0.717, 1.165) is 96.5 Å². The first-order chi connectivity index (χ1) is 55.5. The van der Waals surface area contributed by atoms with Crippen LogP contribution in [0.15, 0.2) is 205 Å². The van der Waals surface area contributed by atoms with E-state index in [1.54, 1.807) is 87.5 Å². The Morgan fingerprint density at radius 3 is 1.41 bits per heavy atom. The lowest BCUT2D eigenvalue weighted by atomic mass is 9.84. The van der Waals surface area contributed by atoms with Gasteiger partial charge in [0.25, 0.3) is 11.5 Å². The number of ether oxygens (including phenoxy) is 7. The van der Waals surface area contributed by atoms with Gasteiger partial charge in [-0.2, -0.15) is 0 Å². The van der Waals surface area contributed by atoms with Crippen molar-refractivity contribution in [3.8, 4) is 68.4 Å². The van der Waals surface area contributed by atoms with Gasteiger partial charge >= 0.3 is 36.3 Å². The average molecular weight is 1700 g/mol. The third-order valence-corrected chi connectivity index (χ3v) is 18.5. The van der Waals surface area contributed by atoms with E-state index in [-0.39, 0.29) is 37.4 Å². The molecule has 31 heteroatoms. The molecular weight excluding hydrogens is 1600 g/mol. The van der Waals surface area contributed by atoms with Crippen LogP contribution in [-0.2, 0) is 18.9 Å². The number of benzene rings is 8. The number of likely N-dealkylation sites (tertiary alicyclic amines) is 1. The van der Waals surface area contributed by atoms with Crippen molar-refractivity contribution in [2.24, 2.45) is 0 Å². The molecule has 3 aromatic heterocycles. The van der Waals surface area contributed by atoms with Crippen LogP contribution < -0.4 is 34.0 Å². The number of pyridine rings is 3. The molecule has 0 bridgehead atoms. The molecule has 13 rings (SSSR count). The van der Waals surface area contributed by atoms with Gasteiger partial charge < -0.3 is 73.3 Å². The molecule has 618 valence electrons. The van der Waals surface area contributed by atoms with Crippen LogP contribution in [0.3, 0.4) is 0 Å². The van der Waals surface area contributed by atoms with Crippen LogP contribution in [0.2, 0.25) is 12.0 Å². The number of rotatable bonds is 17. The van der Waals surface area contributed by atoms with Crippen molar-refractivity contribution < 1.29 is 87.1 Å². The number of H-pyrrole nitrogens is 1. The van der Waals surface area contributed by atoms with Gasteiger partial charge in [-0.1, -0.05) is 103 Å². The first kappa shape index (κ1) is 93.2. The number of methoxy groups -OCH3 is 5. The summed E-state index contributed by atoms with van der Waals surface area (Å²) in [4.78, 5) is 86.4. The number of carbonyl (C=O) groups excluding carboxylic acids is 2. The van der Waals surface area contributed by atoms with Crippen LogP contribution in [0.1, 0.15) is 79.3 Å². The number of aromatic nitrogens is 3. The molecule has 2 fully saturated rings. The number of nitrogens with one attached hydrogen (secondary N) is 1. The van der Waals surface area contributed by atoms with E-state index in [1.807, 2.05) is 196 Å². The number of carboxylic acid groups (broad SMARTS) is 3. The quantitative estimate of drug-likeness (QED) is 0.0280. The topological polar surface area (TPSA) is 337 Å². The summed E-state index contributed by atoms with van der Waals surface area (Å²) in [6.45, 7) is 16.1. The average Bonchev–Trinajstić information content (AvgIpc) is 1.77. The van der Waals surface area contributed by atoms with E-state index in [2.05, 4.69) is 43.7 Å². The van der Waals surface area contributed by atoms with Crippen LogP contribution in [0.25, 0.3) is 66.1 Å². The maximum atomic E-state index is 12.7. The number of carboxylic acids is 3. The number of hydrogen-bond acceptors (Lipinski definition) is 19. The highest BCUT2D eigenvalue weighted by atomic mass is 36.0. The Hall–Kier alpha value is -10.9. The second kappa shape index (κ2) is 43.9. The highest BCUT2D eigenvalue weighted by Gasteiger charge is 2.43. The number of hydrogen-bond donors (Lipinski definition) is 6. The third-order valence-electron chi connectivity index (χ3n) is 18.2. The number of fused-ring (bicyclic) bond motifs is 3. The van der Waals surface area contributed by atoms with Gasteiger partial charge in [0.05, 0.1) is 65.1 Å². The van der Waals surface area contributed by atoms with Crippen LogP contribution in [-0.4, -0.2) is 184 Å². The summed E-state index contributed by atoms with van der Waals surface area (Å²) in [6, 6.07) is 60.9. The molecule has 5 heterocycles. The molecule has 0 spiro atoms. The van der Waals surface area contributed by atoms with Gasteiger partial charge in [0.2, 0.25) is 5.88 Å². The predicted octanol–water partition coefficient (Wildman–Crippen LogP) is 18.1. The highest BCUT2D eigenvalue weighted by molar-refractivity contribution is 8.24. The monoisotopic (exact) mass is 1700 g/mol. The molecule has 6 N–H and O–H groups in total. The molecule has 4 atom stereocenters. The van der Waals surface area contributed by atoms with Crippen molar-refractivity contribution in [2.75, 3.05) is 61.7 Å². The number of carbonyl (C=O) groups is 5. The summed E-state index contributed by atoms with van der Waals surface area (Å²) in [6.07, 6.45) is -1.55. The number of aromatic carboxylic acids is 1. The van der Waals surface area contributed by atoms with Gasteiger partial charge in [-0.25, -0.2) is 24.4 Å². The summed E-state index contributed by atoms with van der Waals surface area (Å²) < 4.78 is 47.0. The Morgan fingerprint density at radius 1 is 0.564 bits per heavy atom. The number of aromatic amines is 1. The van der Waals surface area contributed by atoms with Crippen molar-refractivity contribution in [1.82, 2.24) is 29.6 Å². The Morgan fingerprint density at radius 2 is 0.983 bits per heavy atom. The summed E-state index contributed by atoms with van der Waals surface area (Å²) in [5.74, 6) is 1.19. The fourth-order valence-electron chi connectivity index (χ4n) is 12.4. The molecule has 0 unspecified atom stereocenters. The summed E-state index contributed by atoms with van der Waals surface area (Å²) in [7, 11) is 7.24.